The van der Waals surface area contributed by atoms with Crippen LogP contribution in [0.1, 0.15) is 54.9 Å². The molecule has 0 aliphatic carbocycles. The fourth-order valence-corrected chi connectivity index (χ4v) is 1.32. The molecular formula is C41H121N13O17. The van der Waals surface area contributed by atoms with Crippen LogP contribution in [-0.2, 0) is 0 Å². The van der Waals surface area contributed by atoms with Gasteiger partial charge in [0.15, 0.2) is 0 Å². The van der Waals surface area contributed by atoms with E-state index in [9.17, 15) is 0 Å². The molecule has 30 nitrogen and oxygen atoms in total. The zero-order valence-electron chi connectivity index (χ0n) is 45.1. The molecule has 40 N–H and O–H groups in total. The van der Waals surface area contributed by atoms with E-state index >= 15 is 0 Å². The zero-order chi connectivity index (χ0) is 59.5. The minimum absolute atomic E-state index is 0.0486. The summed E-state index contributed by atoms with van der Waals surface area (Å²) in [5.41, 5.74) is 52.7. The van der Waals surface area contributed by atoms with Gasteiger partial charge >= 0.3 is 0 Å². The van der Waals surface area contributed by atoms with Crippen molar-refractivity contribution in [3.63, 3.8) is 0 Å². The number of nitrogens with zero attached hydrogens (tertiary/aromatic N) is 1. The standard InChI is InChI=1S/C6H15NO3.C5H13NO2.C4H11NO2.3C4H11NO.7C2H7NO/c8-4-1-7(2-5-9)3-6-10;1-2-5(6,3-7)4-8;6-3-1-5-2-4-7;3*1-4(2,5)3-6;7*3-1-2-4/h8-10H,1-6H2;7-8H,2-4,6H2,1H3;5-7H,1-4H2;3*6H,3,5H2,1-2H3;7*4H,1-3H2. The minimum atomic E-state index is -0.764. The van der Waals surface area contributed by atoms with Crippen LogP contribution in [0, 0.1) is 0 Å². The molecular weight excluding hydrogens is 947 g/mol. The number of hydrogen-bond acceptors (Lipinski definition) is 30. The minimum Gasteiger partial charge on any atom is -0.395 e. The van der Waals surface area contributed by atoms with Gasteiger partial charge in [0.2, 0.25) is 0 Å². The van der Waals surface area contributed by atoms with Gasteiger partial charge in [-0.25, -0.2) is 0 Å². The highest BCUT2D eigenvalue weighted by Crippen LogP contribution is 2.01. The van der Waals surface area contributed by atoms with E-state index in [0.29, 0.717) is 85.0 Å². The van der Waals surface area contributed by atoms with Crippen LogP contribution in [0.3, 0.4) is 0 Å². The predicted octanol–water partition coefficient (Wildman–Crippen LogP) is -12.4. The molecule has 0 aliphatic rings. The predicted molar refractivity (Wildman–Crippen MR) is 285 cm³/mol. The first kappa shape index (κ1) is 102. The van der Waals surface area contributed by atoms with E-state index in [1.165, 1.54) is 0 Å². The topological polar surface area (TPSA) is 645 Å². The molecule has 0 bridgehead atoms. The van der Waals surface area contributed by atoms with Gasteiger partial charge in [0.05, 0.1) is 118 Å². The Morgan fingerprint density at radius 3 is 0.521 bits per heavy atom. The van der Waals surface area contributed by atoms with E-state index in [-0.39, 0.29) is 112 Å². The third-order valence-corrected chi connectivity index (χ3v) is 5.29. The highest BCUT2D eigenvalue weighted by Gasteiger charge is 2.19. The second-order valence-corrected chi connectivity index (χ2v) is 15.3. The lowest BCUT2D eigenvalue weighted by Gasteiger charge is -2.21. The SMILES string of the molecule is CC(C)(N)CO.CC(C)(N)CO.CC(C)(N)CO.CCC(N)(CO)CO.NCCO.NCCO.NCCO.NCCO.NCCO.NCCO.NCCO.OCCN(CCO)CCO.OCCNCCO. The summed E-state index contributed by atoms with van der Waals surface area (Å²) in [5.74, 6) is 0. The van der Waals surface area contributed by atoms with E-state index in [2.05, 4.69) is 5.32 Å². The normalized spacial score (nSPS) is 9.80. The monoisotopic (exact) mass is 1070 g/mol. The van der Waals surface area contributed by atoms with Crippen LogP contribution in [0.15, 0.2) is 0 Å². The second kappa shape index (κ2) is 98.0. The summed E-state index contributed by atoms with van der Waals surface area (Å²) >= 11 is 0. The van der Waals surface area contributed by atoms with E-state index in [1.54, 1.807) is 46.4 Å². The van der Waals surface area contributed by atoms with Crippen molar-refractivity contribution in [1.82, 2.24) is 10.2 Å². The molecule has 0 rings (SSSR count). The van der Waals surface area contributed by atoms with Crippen LogP contribution in [0.5, 0.6) is 0 Å². The third kappa shape index (κ3) is 227. The first-order valence-corrected chi connectivity index (χ1v) is 22.9. The van der Waals surface area contributed by atoms with Crippen LogP contribution in [0.2, 0.25) is 0 Å². The lowest BCUT2D eigenvalue weighted by molar-refractivity contribution is 0.118. The molecule has 0 aliphatic heterocycles. The van der Waals surface area contributed by atoms with Gasteiger partial charge in [0, 0.05) is 95.2 Å². The van der Waals surface area contributed by atoms with Crippen molar-refractivity contribution >= 4 is 0 Å². The second-order valence-electron chi connectivity index (χ2n) is 15.3. The van der Waals surface area contributed by atoms with Gasteiger partial charge in [-0.1, -0.05) is 6.92 Å². The molecule has 452 valence electrons. The molecule has 0 aromatic heterocycles. The quantitative estimate of drug-likeness (QED) is 0.0423. The largest absolute Gasteiger partial charge is 0.395 e. The molecule has 0 heterocycles. The summed E-state index contributed by atoms with van der Waals surface area (Å²) in [7, 11) is 0. The first-order valence-electron chi connectivity index (χ1n) is 22.9. The highest BCUT2D eigenvalue weighted by molar-refractivity contribution is 4.79. The summed E-state index contributed by atoms with van der Waals surface area (Å²) in [6.45, 7) is 18.8. The van der Waals surface area contributed by atoms with Crippen LogP contribution in [0.25, 0.3) is 0 Å². The maximum Gasteiger partial charge on any atom is 0.0633 e. The van der Waals surface area contributed by atoms with Gasteiger partial charge in [-0.3, -0.25) is 4.90 Å². The molecule has 0 radical (unpaired) electrons. The Hall–Kier alpha value is -1.20. The Labute approximate surface area is 427 Å². The van der Waals surface area contributed by atoms with Crippen molar-refractivity contribution in [2.45, 2.75) is 77.0 Å². The van der Waals surface area contributed by atoms with E-state index in [1.807, 2.05) is 6.92 Å². The van der Waals surface area contributed by atoms with Crippen LogP contribution >= 0.6 is 0 Å². The third-order valence-electron chi connectivity index (χ3n) is 5.29. The maximum atomic E-state index is 8.50. The Morgan fingerprint density at radius 2 is 0.465 bits per heavy atom. The average Bonchev–Trinajstić information content (AvgIpc) is 3.37. The summed E-state index contributed by atoms with van der Waals surface area (Å²) in [4.78, 5) is 1.79. The molecule has 0 atom stereocenters. The molecule has 0 saturated carbocycles. The molecule has 71 heavy (non-hydrogen) atoms. The molecule has 0 aromatic carbocycles. The fourth-order valence-electron chi connectivity index (χ4n) is 1.32. The Balaban J connectivity index is -0.0000000473. The molecule has 0 spiro atoms. The summed E-state index contributed by atoms with van der Waals surface area (Å²) in [5, 5.41) is 141. The van der Waals surface area contributed by atoms with Crippen LogP contribution < -0.4 is 68.4 Å². The van der Waals surface area contributed by atoms with Crippen LogP contribution in [0.4, 0.5) is 0 Å². The summed E-state index contributed by atoms with van der Waals surface area (Å²) in [6, 6.07) is 0. The van der Waals surface area contributed by atoms with Gasteiger partial charge in [0.1, 0.15) is 0 Å². The number of nitrogens with two attached hydrogens (primary N) is 11. The Bertz CT molecular complexity index is 631. The molecule has 0 amide bonds. The van der Waals surface area contributed by atoms with Crippen molar-refractivity contribution in [3.8, 4) is 0 Å². The van der Waals surface area contributed by atoms with Gasteiger partial charge in [-0.2, -0.15) is 0 Å². The number of rotatable bonds is 23. The highest BCUT2D eigenvalue weighted by atomic mass is 16.3. The van der Waals surface area contributed by atoms with Crippen molar-refractivity contribution in [1.29, 1.82) is 0 Å². The number of hydrogen-bond donors (Lipinski definition) is 29. The van der Waals surface area contributed by atoms with Crippen molar-refractivity contribution in [2.75, 3.05) is 191 Å². The van der Waals surface area contributed by atoms with Gasteiger partial charge in [-0.05, 0) is 48.0 Å². The molecule has 0 unspecified atom stereocenters. The summed E-state index contributed by atoms with van der Waals surface area (Å²) in [6.07, 6.45) is 0.597. The number of nitrogens with one attached hydrogen (secondary N) is 1. The number of aliphatic hydroxyl groups is 17. The van der Waals surface area contributed by atoms with Gasteiger partial charge in [-0.15, -0.1) is 0 Å². The van der Waals surface area contributed by atoms with Gasteiger partial charge in [0.25, 0.3) is 0 Å². The van der Waals surface area contributed by atoms with E-state index in [0.717, 1.165) is 0 Å². The molecule has 0 saturated heterocycles. The maximum absolute atomic E-state index is 8.50. The molecule has 0 fully saturated rings. The van der Waals surface area contributed by atoms with E-state index in [4.69, 9.17) is 150 Å². The zero-order valence-corrected chi connectivity index (χ0v) is 45.1. The molecule has 30 heteroatoms. The fraction of sp³-hybridized carbons (Fsp3) is 1.00. The lowest BCUT2D eigenvalue weighted by atomic mass is 10.0. The average molecular weight is 1070 g/mol. The van der Waals surface area contributed by atoms with Crippen LogP contribution in [-0.4, -0.2) is 305 Å². The molecule has 0 aromatic rings. The van der Waals surface area contributed by atoms with Crippen molar-refractivity contribution < 1.29 is 86.8 Å². The number of aliphatic hydroxyl groups excluding tert-OH is 17. The smallest absolute Gasteiger partial charge is 0.0633 e. The Morgan fingerprint density at radius 1 is 0.310 bits per heavy atom. The van der Waals surface area contributed by atoms with Crippen molar-refractivity contribution in [3.05, 3.63) is 0 Å². The lowest BCUT2D eigenvalue weighted by Crippen LogP contribution is -2.46. The summed E-state index contributed by atoms with van der Waals surface area (Å²) < 4.78 is 0. The van der Waals surface area contributed by atoms with E-state index < -0.39 is 22.2 Å². The van der Waals surface area contributed by atoms with Gasteiger partial charge < -0.3 is 155 Å². The Kier molecular flexibility index (Phi) is 141. The van der Waals surface area contributed by atoms with Crippen molar-refractivity contribution in [2.24, 2.45) is 63.1 Å². The first-order chi connectivity index (χ1) is 33.0.